The van der Waals surface area contributed by atoms with E-state index in [0.717, 1.165) is 40.4 Å². The molecule has 1 aliphatic rings. The van der Waals surface area contributed by atoms with E-state index < -0.39 is 5.91 Å². The summed E-state index contributed by atoms with van der Waals surface area (Å²) in [5.41, 5.74) is 9.13. The third-order valence-corrected chi connectivity index (χ3v) is 7.34. The topological polar surface area (TPSA) is 93.1 Å². The van der Waals surface area contributed by atoms with Crippen molar-refractivity contribution in [3.63, 3.8) is 0 Å². The molecule has 0 radical (unpaired) electrons. The number of benzene rings is 1. The molecular weight excluding hydrogens is 460 g/mol. The maximum Gasteiger partial charge on any atom is 0.262 e. The molecule has 1 aromatic carbocycles. The third kappa shape index (κ3) is 4.17. The highest BCUT2D eigenvalue weighted by Gasteiger charge is 2.23. The lowest BCUT2D eigenvalue weighted by Crippen LogP contribution is -2.21. The van der Waals surface area contributed by atoms with E-state index in [1.807, 2.05) is 53.9 Å². The van der Waals surface area contributed by atoms with Crippen LogP contribution in [0.5, 0.6) is 5.75 Å². The Labute approximate surface area is 200 Å². The summed E-state index contributed by atoms with van der Waals surface area (Å²) >= 11 is 7.59. The first-order chi connectivity index (χ1) is 15.9. The zero-order valence-electron chi connectivity index (χ0n) is 17.9. The van der Waals surface area contributed by atoms with E-state index in [9.17, 15) is 9.90 Å². The molecule has 7 nitrogen and oxygen atoms in total. The van der Waals surface area contributed by atoms with Crippen molar-refractivity contribution in [2.45, 2.75) is 25.6 Å². The molecule has 3 aromatic heterocycles. The van der Waals surface area contributed by atoms with Crippen LogP contribution in [0.2, 0.25) is 5.02 Å². The quantitative estimate of drug-likeness (QED) is 0.421. The first kappa shape index (κ1) is 21.8. The molecule has 1 fully saturated rings. The molecule has 0 aliphatic carbocycles. The number of anilines is 1. The number of halogens is 1. The van der Waals surface area contributed by atoms with E-state index in [1.54, 1.807) is 12.3 Å². The van der Waals surface area contributed by atoms with Crippen LogP contribution in [0.3, 0.4) is 0 Å². The number of amides is 1. The number of hydrogen-bond donors (Lipinski definition) is 2. The van der Waals surface area contributed by atoms with Gasteiger partial charge in [-0.2, -0.15) is 0 Å². The van der Waals surface area contributed by atoms with E-state index in [0.29, 0.717) is 22.2 Å². The summed E-state index contributed by atoms with van der Waals surface area (Å²) in [6.07, 6.45) is 3.86. The van der Waals surface area contributed by atoms with Gasteiger partial charge in [0.05, 0.1) is 28.6 Å². The number of rotatable bonds is 6. The molecule has 4 heterocycles. The zero-order valence-corrected chi connectivity index (χ0v) is 19.5. The number of pyridine rings is 1. The summed E-state index contributed by atoms with van der Waals surface area (Å²) < 4.78 is 8.12. The fourth-order valence-electron chi connectivity index (χ4n) is 4.13. The monoisotopic (exact) mass is 482 g/mol. The molecule has 2 atom stereocenters. The van der Waals surface area contributed by atoms with Gasteiger partial charge in [-0.1, -0.05) is 29.8 Å². The van der Waals surface area contributed by atoms with Crippen LogP contribution in [-0.4, -0.2) is 39.6 Å². The summed E-state index contributed by atoms with van der Waals surface area (Å²) in [5.74, 6) is -0.128. The van der Waals surface area contributed by atoms with Gasteiger partial charge in [-0.3, -0.25) is 9.20 Å². The molecule has 5 rings (SSSR count). The van der Waals surface area contributed by atoms with Crippen molar-refractivity contribution in [1.82, 2.24) is 9.38 Å². The van der Waals surface area contributed by atoms with Crippen LogP contribution in [-0.2, 0) is 0 Å². The van der Waals surface area contributed by atoms with E-state index in [4.69, 9.17) is 22.1 Å². The number of nitrogens with zero attached hydrogens (tertiary/aromatic N) is 3. The lowest BCUT2D eigenvalue weighted by molar-refractivity contribution is 0.0998. The van der Waals surface area contributed by atoms with Crippen molar-refractivity contribution >= 4 is 40.2 Å². The first-order valence-electron chi connectivity index (χ1n) is 10.7. The first-order valence-corrected chi connectivity index (χ1v) is 11.9. The van der Waals surface area contributed by atoms with Gasteiger partial charge in [-0.05, 0) is 31.5 Å². The van der Waals surface area contributed by atoms with E-state index in [1.165, 1.54) is 11.3 Å². The SMILES string of the molecule is C[C@@H](Oc1cc(-c2cnc3ccc(N4CCC(O)C4)cn23)sc1C(N)=O)c1ccccc1Cl. The number of carbonyl (C=O) groups excluding carboxylic acids is 1. The van der Waals surface area contributed by atoms with Gasteiger partial charge in [0.2, 0.25) is 0 Å². The van der Waals surface area contributed by atoms with Gasteiger partial charge in [0.25, 0.3) is 5.91 Å². The number of aromatic nitrogens is 2. The zero-order chi connectivity index (χ0) is 23.1. The number of ether oxygens (including phenoxy) is 1. The van der Waals surface area contributed by atoms with Crippen LogP contribution < -0.4 is 15.4 Å². The van der Waals surface area contributed by atoms with Crippen molar-refractivity contribution < 1.29 is 14.6 Å². The number of hydrogen-bond acceptors (Lipinski definition) is 6. The average Bonchev–Trinajstić information content (AvgIpc) is 3.51. The molecular formula is C24H23ClN4O3S. The standard InChI is InChI=1S/C24H23ClN4O3S/c1-14(17-4-2-3-5-18(17)25)32-20-10-21(33-23(20)24(26)31)19-11-27-22-7-6-15(12-29(19)22)28-9-8-16(30)13-28/h2-7,10-12,14,16,30H,8-9,13H2,1H3,(H2,26,31)/t14-,16?/m1/s1. The minimum atomic E-state index is -0.548. The maximum absolute atomic E-state index is 12.2. The Bertz CT molecular complexity index is 1330. The van der Waals surface area contributed by atoms with Gasteiger partial charge in [0.15, 0.2) is 0 Å². The Morgan fingerprint density at radius 2 is 2.15 bits per heavy atom. The number of aliphatic hydroxyl groups is 1. The van der Waals surface area contributed by atoms with Gasteiger partial charge in [0, 0.05) is 35.9 Å². The summed E-state index contributed by atoms with van der Waals surface area (Å²) in [6, 6.07) is 13.2. The predicted octanol–water partition coefficient (Wildman–Crippen LogP) is 4.53. The Kier molecular flexibility index (Phi) is 5.74. The van der Waals surface area contributed by atoms with Crippen molar-refractivity contribution in [3.05, 3.63) is 70.3 Å². The summed E-state index contributed by atoms with van der Waals surface area (Å²) in [5, 5.41) is 10.5. The average molecular weight is 483 g/mol. The number of thiophene rings is 1. The number of imidazole rings is 1. The molecule has 4 aromatic rings. The summed E-state index contributed by atoms with van der Waals surface area (Å²) in [7, 11) is 0. The molecule has 1 aliphatic heterocycles. The van der Waals surface area contributed by atoms with Crippen LogP contribution in [0.4, 0.5) is 5.69 Å². The Hall–Kier alpha value is -3.07. The molecule has 0 spiro atoms. The van der Waals surface area contributed by atoms with Crippen LogP contribution in [0.25, 0.3) is 16.2 Å². The largest absolute Gasteiger partial charge is 0.484 e. The lowest BCUT2D eigenvalue weighted by Gasteiger charge is -2.18. The number of fused-ring (bicyclic) bond motifs is 1. The van der Waals surface area contributed by atoms with Gasteiger partial charge < -0.3 is 20.5 Å². The molecule has 33 heavy (non-hydrogen) atoms. The molecule has 0 bridgehead atoms. The van der Waals surface area contributed by atoms with E-state index in [-0.39, 0.29) is 12.2 Å². The van der Waals surface area contributed by atoms with Crippen LogP contribution in [0, 0.1) is 0 Å². The normalized spacial score (nSPS) is 16.9. The fraction of sp³-hybridized carbons (Fsp3) is 0.250. The summed E-state index contributed by atoms with van der Waals surface area (Å²) in [4.78, 5) is 20.0. The lowest BCUT2D eigenvalue weighted by atomic mass is 10.1. The van der Waals surface area contributed by atoms with Gasteiger partial charge in [-0.25, -0.2) is 4.98 Å². The number of nitrogens with two attached hydrogens (primary N) is 1. The summed E-state index contributed by atoms with van der Waals surface area (Å²) in [6.45, 7) is 3.30. The second-order valence-electron chi connectivity index (χ2n) is 8.10. The molecule has 1 amide bonds. The number of primary amides is 1. The minimum absolute atomic E-state index is 0.307. The second kappa shape index (κ2) is 8.70. The smallest absolute Gasteiger partial charge is 0.262 e. The molecule has 1 saturated heterocycles. The molecule has 3 N–H and O–H groups in total. The Morgan fingerprint density at radius 3 is 2.88 bits per heavy atom. The van der Waals surface area contributed by atoms with Crippen molar-refractivity contribution in [2.75, 3.05) is 18.0 Å². The highest BCUT2D eigenvalue weighted by Crippen LogP contribution is 2.39. The van der Waals surface area contributed by atoms with Crippen LogP contribution in [0.15, 0.2) is 54.9 Å². The Balaban J connectivity index is 1.51. The fourth-order valence-corrected chi connectivity index (χ4v) is 5.37. The number of carbonyl (C=O) groups is 1. The highest BCUT2D eigenvalue weighted by molar-refractivity contribution is 7.17. The van der Waals surface area contributed by atoms with E-state index >= 15 is 0 Å². The predicted molar refractivity (Wildman–Crippen MR) is 130 cm³/mol. The van der Waals surface area contributed by atoms with E-state index in [2.05, 4.69) is 9.88 Å². The number of β-amino-alcohol motifs (C(OH)–C–C–N with tert-alkyl or cyclic N) is 1. The van der Waals surface area contributed by atoms with Crippen LogP contribution in [0.1, 0.15) is 34.7 Å². The second-order valence-corrected chi connectivity index (χ2v) is 9.56. The van der Waals surface area contributed by atoms with Crippen molar-refractivity contribution in [1.29, 1.82) is 0 Å². The highest BCUT2D eigenvalue weighted by atomic mass is 35.5. The third-order valence-electron chi connectivity index (χ3n) is 5.84. The van der Waals surface area contributed by atoms with Gasteiger partial charge in [-0.15, -0.1) is 11.3 Å². The molecule has 0 saturated carbocycles. The van der Waals surface area contributed by atoms with Gasteiger partial charge in [0.1, 0.15) is 22.4 Å². The van der Waals surface area contributed by atoms with Gasteiger partial charge >= 0.3 is 0 Å². The van der Waals surface area contributed by atoms with Crippen LogP contribution >= 0.6 is 22.9 Å². The Morgan fingerprint density at radius 1 is 1.33 bits per heavy atom. The maximum atomic E-state index is 12.2. The molecule has 9 heteroatoms. The van der Waals surface area contributed by atoms with Crippen molar-refractivity contribution in [2.24, 2.45) is 5.73 Å². The molecule has 170 valence electrons. The minimum Gasteiger partial charge on any atom is -0.484 e. The van der Waals surface area contributed by atoms with Crippen molar-refractivity contribution in [3.8, 4) is 16.3 Å². The number of aliphatic hydroxyl groups excluding tert-OH is 1. The molecule has 1 unspecified atom stereocenters.